The Kier molecular flexibility index (Phi) is 5.93. The third-order valence-corrected chi connectivity index (χ3v) is 5.27. The topological polar surface area (TPSA) is 35.5 Å². The third-order valence-electron chi connectivity index (χ3n) is 4.37. The van der Waals surface area contributed by atoms with Gasteiger partial charge < -0.3 is 9.47 Å². The molecule has 3 rings (SSSR count). The van der Waals surface area contributed by atoms with Crippen LogP contribution in [0.15, 0.2) is 47.8 Å². The van der Waals surface area contributed by atoms with E-state index in [0.717, 1.165) is 23.1 Å². The van der Waals surface area contributed by atoms with Crippen LogP contribution in [0, 0.1) is 5.82 Å². The van der Waals surface area contributed by atoms with Crippen LogP contribution < -0.4 is 9.47 Å². The summed E-state index contributed by atoms with van der Waals surface area (Å²) in [5, 5.41) is 1.84. The molecular weight excluding hydrogens is 408 g/mol. The van der Waals surface area contributed by atoms with Gasteiger partial charge in [0.1, 0.15) is 22.9 Å². The van der Waals surface area contributed by atoms with Gasteiger partial charge in [-0.25, -0.2) is 4.39 Å². The summed E-state index contributed by atoms with van der Waals surface area (Å²) in [4.78, 5) is 13.8. The maximum Gasteiger partial charge on any atom is 0.416 e. The summed E-state index contributed by atoms with van der Waals surface area (Å²) < 4.78 is 64.8. The largest absolute Gasteiger partial charge is 0.496 e. The van der Waals surface area contributed by atoms with E-state index < -0.39 is 35.3 Å². The first-order valence-electron chi connectivity index (χ1n) is 8.44. The maximum atomic E-state index is 14.2. The molecule has 2 aromatic carbocycles. The molecular formula is C21H16F4O3S. The number of halogens is 4. The van der Waals surface area contributed by atoms with Crippen molar-refractivity contribution in [3.8, 4) is 21.9 Å². The quantitative estimate of drug-likeness (QED) is 0.359. The lowest BCUT2D eigenvalue weighted by atomic mass is 9.95. The Balaban J connectivity index is 2.12. The van der Waals surface area contributed by atoms with Gasteiger partial charge in [-0.05, 0) is 35.7 Å². The highest BCUT2D eigenvalue weighted by atomic mass is 32.1. The molecule has 3 aromatic rings. The first-order valence-corrected chi connectivity index (χ1v) is 9.32. The normalized spacial score (nSPS) is 11.4. The van der Waals surface area contributed by atoms with E-state index in [1.807, 2.05) is 17.5 Å². The fourth-order valence-corrected chi connectivity index (χ4v) is 3.84. The fourth-order valence-electron chi connectivity index (χ4n) is 3.09. The second-order valence-corrected chi connectivity index (χ2v) is 7.01. The molecule has 0 aliphatic rings. The monoisotopic (exact) mass is 424 g/mol. The summed E-state index contributed by atoms with van der Waals surface area (Å²) in [6.45, 7) is 0. The molecule has 152 valence electrons. The Morgan fingerprint density at radius 1 is 1.03 bits per heavy atom. The highest BCUT2D eigenvalue weighted by Crippen LogP contribution is 2.41. The van der Waals surface area contributed by atoms with Crippen molar-refractivity contribution in [3.63, 3.8) is 0 Å². The highest BCUT2D eigenvalue weighted by Gasteiger charge is 2.35. The summed E-state index contributed by atoms with van der Waals surface area (Å²) >= 11 is 1.41. The van der Waals surface area contributed by atoms with Crippen molar-refractivity contribution in [2.45, 2.75) is 12.6 Å². The van der Waals surface area contributed by atoms with Gasteiger partial charge in [-0.3, -0.25) is 4.79 Å². The van der Waals surface area contributed by atoms with Crippen LogP contribution in [0.25, 0.3) is 10.4 Å². The number of alkyl halides is 3. The van der Waals surface area contributed by atoms with E-state index in [-0.39, 0.29) is 17.1 Å². The van der Waals surface area contributed by atoms with Crippen molar-refractivity contribution in [2.24, 2.45) is 0 Å². The Hall–Kier alpha value is -2.87. The van der Waals surface area contributed by atoms with E-state index in [2.05, 4.69) is 0 Å². The van der Waals surface area contributed by atoms with Gasteiger partial charge in [-0.2, -0.15) is 13.2 Å². The van der Waals surface area contributed by atoms with Crippen molar-refractivity contribution in [3.05, 3.63) is 70.4 Å². The minimum atomic E-state index is -4.79. The van der Waals surface area contributed by atoms with Crippen LogP contribution in [-0.2, 0) is 12.6 Å². The standard InChI is InChI=1S/C21H16F4O3S/c1-27-17-9-8-12(18-7-4-10-29-18)20(28-2)19(17)16(26)11-13-14(21(23,24)25)5-3-6-15(13)22/h3-10H,11H2,1-2H3. The Morgan fingerprint density at radius 2 is 1.79 bits per heavy atom. The van der Waals surface area contributed by atoms with Crippen LogP contribution in [0.3, 0.4) is 0 Å². The summed E-state index contributed by atoms with van der Waals surface area (Å²) in [7, 11) is 2.69. The molecule has 3 nitrogen and oxygen atoms in total. The van der Waals surface area contributed by atoms with E-state index in [0.29, 0.717) is 5.56 Å². The van der Waals surface area contributed by atoms with Gasteiger partial charge in [0.25, 0.3) is 0 Å². The Morgan fingerprint density at radius 3 is 2.38 bits per heavy atom. The van der Waals surface area contributed by atoms with Gasteiger partial charge in [-0.15, -0.1) is 11.3 Å². The van der Waals surface area contributed by atoms with Gasteiger partial charge in [0, 0.05) is 22.4 Å². The van der Waals surface area contributed by atoms with Crippen molar-refractivity contribution in [1.82, 2.24) is 0 Å². The molecule has 0 spiro atoms. The number of ketones is 1. The smallest absolute Gasteiger partial charge is 0.416 e. The fraction of sp³-hybridized carbons (Fsp3) is 0.190. The molecule has 0 aliphatic heterocycles. The Labute approximate surface area is 168 Å². The van der Waals surface area contributed by atoms with Gasteiger partial charge in [0.2, 0.25) is 0 Å². The molecule has 0 unspecified atom stereocenters. The van der Waals surface area contributed by atoms with Crippen LogP contribution >= 0.6 is 11.3 Å². The zero-order valence-electron chi connectivity index (χ0n) is 15.5. The minimum Gasteiger partial charge on any atom is -0.496 e. The minimum absolute atomic E-state index is 0.0303. The summed E-state index contributed by atoms with van der Waals surface area (Å²) in [6, 6.07) is 9.49. The lowest BCUT2D eigenvalue weighted by Gasteiger charge is -2.17. The molecule has 1 aromatic heterocycles. The molecule has 0 atom stereocenters. The van der Waals surface area contributed by atoms with E-state index >= 15 is 0 Å². The molecule has 0 saturated heterocycles. The van der Waals surface area contributed by atoms with Crippen LogP contribution in [0.1, 0.15) is 21.5 Å². The molecule has 0 aliphatic carbocycles. The number of ether oxygens (including phenoxy) is 2. The molecule has 1 heterocycles. The molecule has 8 heteroatoms. The molecule has 0 radical (unpaired) electrons. The van der Waals surface area contributed by atoms with Crippen molar-refractivity contribution in [1.29, 1.82) is 0 Å². The number of carbonyl (C=O) groups is 1. The first kappa shape index (κ1) is 20.9. The first-order chi connectivity index (χ1) is 13.8. The van der Waals surface area contributed by atoms with Crippen molar-refractivity contribution in [2.75, 3.05) is 14.2 Å². The summed E-state index contributed by atoms with van der Waals surface area (Å²) in [5.41, 5.74) is -1.33. The lowest BCUT2D eigenvalue weighted by molar-refractivity contribution is -0.138. The number of Topliss-reactive ketones (excluding diaryl/α,β-unsaturated/α-hetero) is 1. The van der Waals surface area contributed by atoms with Gasteiger partial charge >= 0.3 is 6.18 Å². The number of carbonyl (C=O) groups excluding carboxylic acids is 1. The SMILES string of the molecule is COc1ccc(-c2cccs2)c(OC)c1C(=O)Cc1c(F)cccc1C(F)(F)F. The molecule has 29 heavy (non-hydrogen) atoms. The predicted molar refractivity (Wildman–Crippen MR) is 102 cm³/mol. The lowest BCUT2D eigenvalue weighted by Crippen LogP contribution is -2.15. The average molecular weight is 424 g/mol. The Bertz CT molecular complexity index is 1030. The number of hydrogen-bond acceptors (Lipinski definition) is 4. The van der Waals surface area contributed by atoms with Crippen LogP contribution in [-0.4, -0.2) is 20.0 Å². The molecule has 0 bridgehead atoms. The van der Waals surface area contributed by atoms with Crippen LogP contribution in [0.2, 0.25) is 0 Å². The molecule has 0 fully saturated rings. The zero-order valence-corrected chi connectivity index (χ0v) is 16.3. The van der Waals surface area contributed by atoms with Crippen LogP contribution in [0.4, 0.5) is 17.6 Å². The van der Waals surface area contributed by atoms with Crippen molar-refractivity contribution < 1.29 is 31.8 Å². The number of rotatable bonds is 6. The van der Waals surface area contributed by atoms with E-state index in [4.69, 9.17) is 9.47 Å². The second-order valence-electron chi connectivity index (χ2n) is 6.06. The summed E-state index contributed by atoms with van der Waals surface area (Å²) in [5.74, 6) is -1.54. The predicted octanol–water partition coefficient (Wildman–Crippen LogP) is 6.02. The van der Waals surface area contributed by atoms with E-state index in [1.165, 1.54) is 31.6 Å². The summed E-state index contributed by atoms with van der Waals surface area (Å²) in [6.07, 6.45) is -5.58. The number of methoxy groups -OCH3 is 2. The number of hydrogen-bond donors (Lipinski definition) is 0. The molecule has 0 N–H and O–H groups in total. The second kappa shape index (κ2) is 8.24. The molecule has 0 amide bonds. The van der Waals surface area contributed by atoms with Gasteiger partial charge in [0.15, 0.2) is 5.78 Å². The average Bonchev–Trinajstić information content (AvgIpc) is 3.21. The maximum absolute atomic E-state index is 14.2. The molecule has 0 saturated carbocycles. The van der Waals surface area contributed by atoms with E-state index in [9.17, 15) is 22.4 Å². The zero-order chi connectivity index (χ0) is 21.2. The van der Waals surface area contributed by atoms with Gasteiger partial charge in [0.05, 0.1) is 19.8 Å². The van der Waals surface area contributed by atoms with Crippen molar-refractivity contribution >= 4 is 17.1 Å². The van der Waals surface area contributed by atoms with Crippen LogP contribution in [0.5, 0.6) is 11.5 Å². The highest BCUT2D eigenvalue weighted by molar-refractivity contribution is 7.13. The third kappa shape index (κ3) is 4.12. The van der Waals surface area contributed by atoms with E-state index in [1.54, 1.807) is 6.07 Å². The van der Waals surface area contributed by atoms with Gasteiger partial charge in [-0.1, -0.05) is 12.1 Å². The number of thiophene rings is 1. The number of benzene rings is 2.